The molecule has 0 aliphatic heterocycles. The normalized spacial score (nSPS) is 15.5. The number of hydrogen-bond acceptors (Lipinski definition) is 4. The number of nitrogens with two attached hydrogens (primary N) is 1. The molecule has 0 saturated heterocycles. The third-order valence-electron chi connectivity index (χ3n) is 4.16. The van der Waals surface area contributed by atoms with E-state index in [0.29, 0.717) is 29.0 Å². The van der Waals surface area contributed by atoms with Crippen molar-refractivity contribution < 1.29 is 4.79 Å². The number of benzene rings is 1. The smallest absolute Gasteiger partial charge is 0.291 e. The van der Waals surface area contributed by atoms with Crippen LogP contribution in [0.2, 0.25) is 5.02 Å². The Morgan fingerprint density at radius 1 is 1.42 bits per heavy atom. The fraction of sp³-hybridized carbons (Fsp3) is 0.471. The van der Waals surface area contributed by atoms with Crippen LogP contribution in [0.3, 0.4) is 0 Å². The minimum absolute atomic E-state index is 0.00386. The molecule has 2 aromatic rings. The molecule has 7 heteroatoms. The maximum Gasteiger partial charge on any atom is 0.291 e. The number of carbonyl (C=O) groups excluding carboxylic acids is 1. The van der Waals surface area contributed by atoms with E-state index in [9.17, 15) is 4.79 Å². The zero-order chi connectivity index (χ0) is 17.3. The molecule has 128 valence electrons. The Morgan fingerprint density at radius 2 is 2.12 bits per heavy atom. The van der Waals surface area contributed by atoms with Crippen molar-refractivity contribution in [1.29, 1.82) is 0 Å². The summed E-state index contributed by atoms with van der Waals surface area (Å²) in [6.07, 6.45) is 2.29. The fourth-order valence-corrected chi connectivity index (χ4v) is 2.79. The molecule has 3 N–H and O–H groups in total. The SMILES string of the molecule is CC(C)c1nc(C(=O)NCC(N)C2CC2)nn1-c1ccccc1Cl. The Morgan fingerprint density at radius 3 is 2.75 bits per heavy atom. The molecule has 1 heterocycles. The van der Waals surface area contributed by atoms with E-state index in [-0.39, 0.29) is 23.7 Å². The number of para-hydroxylation sites is 1. The van der Waals surface area contributed by atoms with Gasteiger partial charge in [-0.3, -0.25) is 4.79 Å². The number of nitrogens with zero attached hydrogens (tertiary/aromatic N) is 3. The lowest BCUT2D eigenvalue weighted by molar-refractivity contribution is 0.0940. The highest BCUT2D eigenvalue weighted by Crippen LogP contribution is 2.31. The first kappa shape index (κ1) is 16.9. The molecule has 3 rings (SSSR count). The van der Waals surface area contributed by atoms with Gasteiger partial charge in [-0.05, 0) is 30.9 Å². The molecule has 6 nitrogen and oxygen atoms in total. The van der Waals surface area contributed by atoms with Crippen LogP contribution < -0.4 is 11.1 Å². The van der Waals surface area contributed by atoms with Gasteiger partial charge in [0, 0.05) is 18.5 Å². The van der Waals surface area contributed by atoms with Gasteiger partial charge < -0.3 is 11.1 Å². The van der Waals surface area contributed by atoms with Crippen LogP contribution in [0.15, 0.2) is 24.3 Å². The molecule has 1 aromatic heterocycles. The van der Waals surface area contributed by atoms with Crippen LogP contribution in [0.1, 0.15) is 49.1 Å². The van der Waals surface area contributed by atoms with Crippen LogP contribution in [-0.2, 0) is 0 Å². The summed E-state index contributed by atoms with van der Waals surface area (Å²) in [5.41, 5.74) is 6.73. The second kappa shape index (κ2) is 6.91. The second-order valence-electron chi connectivity index (χ2n) is 6.52. The molecule has 0 radical (unpaired) electrons. The van der Waals surface area contributed by atoms with Gasteiger partial charge in [0.15, 0.2) is 0 Å². The van der Waals surface area contributed by atoms with E-state index < -0.39 is 0 Å². The van der Waals surface area contributed by atoms with Gasteiger partial charge in [-0.2, -0.15) is 0 Å². The molecule has 1 saturated carbocycles. The Bertz CT molecular complexity index is 738. The molecule has 0 bridgehead atoms. The molecule has 1 unspecified atom stereocenters. The zero-order valence-corrected chi connectivity index (χ0v) is 14.6. The number of amides is 1. The van der Waals surface area contributed by atoms with Crippen LogP contribution in [0.25, 0.3) is 5.69 Å². The predicted octanol–water partition coefficient (Wildman–Crippen LogP) is 2.51. The van der Waals surface area contributed by atoms with Gasteiger partial charge >= 0.3 is 0 Å². The first-order valence-corrected chi connectivity index (χ1v) is 8.60. The maximum atomic E-state index is 12.4. The van der Waals surface area contributed by atoms with Gasteiger partial charge in [0.2, 0.25) is 5.82 Å². The van der Waals surface area contributed by atoms with Gasteiger partial charge in [0.1, 0.15) is 5.82 Å². The lowest BCUT2D eigenvalue weighted by Gasteiger charge is -2.10. The molecule has 24 heavy (non-hydrogen) atoms. The highest BCUT2D eigenvalue weighted by molar-refractivity contribution is 6.32. The monoisotopic (exact) mass is 347 g/mol. The summed E-state index contributed by atoms with van der Waals surface area (Å²) in [4.78, 5) is 16.8. The molecule has 1 aliphatic carbocycles. The van der Waals surface area contributed by atoms with Crippen molar-refractivity contribution in [3.05, 3.63) is 40.9 Å². The van der Waals surface area contributed by atoms with Crippen molar-refractivity contribution >= 4 is 17.5 Å². The van der Waals surface area contributed by atoms with E-state index in [4.69, 9.17) is 17.3 Å². The first-order chi connectivity index (χ1) is 11.5. The molecule has 1 amide bonds. The summed E-state index contributed by atoms with van der Waals surface area (Å²) in [5, 5.41) is 7.76. The van der Waals surface area contributed by atoms with Crippen molar-refractivity contribution in [2.75, 3.05) is 6.54 Å². The van der Waals surface area contributed by atoms with Crippen molar-refractivity contribution in [3.63, 3.8) is 0 Å². The Balaban J connectivity index is 1.83. The number of rotatable bonds is 6. The van der Waals surface area contributed by atoms with Gasteiger partial charge in [-0.25, -0.2) is 9.67 Å². The fourth-order valence-electron chi connectivity index (χ4n) is 2.58. The van der Waals surface area contributed by atoms with Crippen LogP contribution in [-0.4, -0.2) is 33.3 Å². The van der Waals surface area contributed by atoms with E-state index in [1.54, 1.807) is 10.7 Å². The minimum Gasteiger partial charge on any atom is -0.348 e. The maximum absolute atomic E-state index is 12.4. The number of halogens is 1. The average Bonchev–Trinajstić information content (AvgIpc) is 3.31. The molecular weight excluding hydrogens is 326 g/mol. The highest BCUT2D eigenvalue weighted by atomic mass is 35.5. The number of carbonyl (C=O) groups is 1. The first-order valence-electron chi connectivity index (χ1n) is 8.23. The van der Waals surface area contributed by atoms with Crippen LogP contribution in [0.4, 0.5) is 0 Å². The van der Waals surface area contributed by atoms with E-state index in [1.165, 1.54) is 0 Å². The van der Waals surface area contributed by atoms with Gasteiger partial charge in [-0.15, -0.1) is 5.10 Å². The topological polar surface area (TPSA) is 85.8 Å². The standard InChI is InChI=1S/C17H22ClN5O/c1-10(2)16-21-15(17(24)20-9-13(19)11-7-8-11)22-23(16)14-6-4-3-5-12(14)18/h3-6,10-11,13H,7-9,19H2,1-2H3,(H,20,24). The van der Waals surface area contributed by atoms with Gasteiger partial charge in [-0.1, -0.05) is 37.6 Å². The summed E-state index contributed by atoms with van der Waals surface area (Å²) in [7, 11) is 0. The van der Waals surface area contributed by atoms with E-state index in [0.717, 1.165) is 12.8 Å². The van der Waals surface area contributed by atoms with Crippen molar-refractivity contribution in [1.82, 2.24) is 20.1 Å². The lowest BCUT2D eigenvalue weighted by atomic mass is 10.2. The molecule has 0 spiro atoms. The van der Waals surface area contributed by atoms with Crippen LogP contribution >= 0.6 is 11.6 Å². The molecule has 1 fully saturated rings. The summed E-state index contributed by atoms with van der Waals surface area (Å²) in [5.74, 6) is 1.16. The molecule has 1 atom stereocenters. The Hall–Kier alpha value is -1.92. The van der Waals surface area contributed by atoms with Crippen molar-refractivity contribution in [2.45, 2.75) is 38.6 Å². The predicted molar refractivity (Wildman–Crippen MR) is 93.5 cm³/mol. The highest BCUT2D eigenvalue weighted by Gasteiger charge is 2.29. The Labute approximate surface area is 146 Å². The van der Waals surface area contributed by atoms with Crippen molar-refractivity contribution in [3.8, 4) is 5.69 Å². The van der Waals surface area contributed by atoms with Gasteiger partial charge in [0.25, 0.3) is 5.91 Å². The molecular formula is C17H22ClN5O. The van der Waals surface area contributed by atoms with Crippen molar-refractivity contribution in [2.24, 2.45) is 11.7 Å². The van der Waals surface area contributed by atoms with Crippen LogP contribution in [0, 0.1) is 5.92 Å². The summed E-state index contributed by atoms with van der Waals surface area (Å²) in [6.45, 7) is 4.45. The average molecular weight is 348 g/mol. The zero-order valence-electron chi connectivity index (χ0n) is 13.9. The third kappa shape index (κ3) is 3.60. The van der Waals surface area contributed by atoms with Gasteiger partial charge in [0.05, 0.1) is 10.7 Å². The van der Waals surface area contributed by atoms with E-state index in [1.807, 2.05) is 32.0 Å². The van der Waals surface area contributed by atoms with Crippen LogP contribution in [0.5, 0.6) is 0 Å². The Kier molecular flexibility index (Phi) is 4.87. The third-order valence-corrected chi connectivity index (χ3v) is 4.48. The molecule has 1 aliphatic rings. The second-order valence-corrected chi connectivity index (χ2v) is 6.93. The van der Waals surface area contributed by atoms with E-state index >= 15 is 0 Å². The number of nitrogens with one attached hydrogen (secondary N) is 1. The minimum atomic E-state index is -0.307. The largest absolute Gasteiger partial charge is 0.348 e. The number of aromatic nitrogens is 3. The summed E-state index contributed by atoms with van der Waals surface area (Å²) in [6, 6.07) is 7.38. The number of hydrogen-bond donors (Lipinski definition) is 2. The summed E-state index contributed by atoms with van der Waals surface area (Å²) < 4.78 is 1.64. The quantitative estimate of drug-likeness (QED) is 0.840. The lowest BCUT2D eigenvalue weighted by Crippen LogP contribution is -2.39. The molecule has 1 aromatic carbocycles. The summed E-state index contributed by atoms with van der Waals surface area (Å²) >= 11 is 6.26. The van der Waals surface area contributed by atoms with E-state index in [2.05, 4.69) is 15.4 Å².